The molecule has 0 aliphatic carbocycles. The molecule has 5 nitrogen and oxygen atoms in total. The molecule has 122 valence electrons. The Morgan fingerprint density at radius 1 is 1.05 bits per heavy atom. The van der Waals surface area contributed by atoms with Gasteiger partial charge in [0.05, 0.1) is 0 Å². The van der Waals surface area contributed by atoms with Gasteiger partial charge < -0.3 is 16.0 Å². The van der Waals surface area contributed by atoms with Crippen LogP contribution in [0.1, 0.15) is 32.6 Å². The molecule has 1 aliphatic heterocycles. The number of rotatable bonds is 5. The van der Waals surface area contributed by atoms with Crippen molar-refractivity contribution in [1.29, 1.82) is 0 Å². The van der Waals surface area contributed by atoms with E-state index in [-0.39, 0.29) is 24.2 Å². The van der Waals surface area contributed by atoms with Gasteiger partial charge in [-0.15, -0.1) is 12.4 Å². The van der Waals surface area contributed by atoms with E-state index in [0.29, 0.717) is 18.8 Å². The molecule has 2 rings (SSSR count). The third kappa shape index (κ3) is 6.03. The van der Waals surface area contributed by atoms with Gasteiger partial charge in [-0.1, -0.05) is 6.92 Å². The number of benzene rings is 1. The molecule has 22 heavy (non-hydrogen) atoms. The van der Waals surface area contributed by atoms with E-state index in [1.807, 2.05) is 19.1 Å². The molecule has 1 aromatic rings. The Balaban J connectivity index is 0.00000242. The first-order valence-corrected chi connectivity index (χ1v) is 7.58. The number of hydrogen-bond acceptors (Lipinski definition) is 3. The van der Waals surface area contributed by atoms with Crippen LogP contribution in [-0.4, -0.2) is 24.9 Å². The molecule has 6 heteroatoms. The minimum atomic E-state index is -0.0160. The van der Waals surface area contributed by atoms with Crippen LogP contribution in [0.4, 0.5) is 11.4 Å². The summed E-state index contributed by atoms with van der Waals surface area (Å²) in [5.41, 5.74) is 1.52. The van der Waals surface area contributed by atoms with Crippen molar-refractivity contribution in [3.8, 4) is 0 Å². The van der Waals surface area contributed by atoms with E-state index in [2.05, 4.69) is 16.0 Å². The van der Waals surface area contributed by atoms with Crippen LogP contribution in [0.3, 0.4) is 0 Å². The van der Waals surface area contributed by atoms with E-state index in [4.69, 9.17) is 0 Å². The van der Waals surface area contributed by atoms with E-state index in [1.165, 1.54) is 0 Å². The lowest BCUT2D eigenvalue weighted by Gasteiger charge is -2.21. The van der Waals surface area contributed by atoms with Crippen LogP contribution in [0.25, 0.3) is 0 Å². The Kier molecular flexibility index (Phi) is 7.91. The lowest BCUT2D eigenvalue weighted by Crippen LogP contribution is -2.30. The van der Waals surface area contributed by atoms with Crippen LogP contribution in [-0.2, 0) is 9.59 Å². The predicted octanol–water partition coefficient (Wildman–Crippen LogP) is 2.79. The molecule has 1 saturated heterocycles. The summed E-state index contributed by atoms with van der Waals surface area (Å²) >= 11 is 0. The van der Waals surface area contributed by atoms with Gasteiger partial charge >= 0.3 is 0 Å². The fourth-order valence-corrected chi connectivity index (χ4v) is 2.45. The fraction of sp³-hybridized carbons (Fsp3) is 0.500. The van der Waals surface area contributed by atoms with Gasteiger partial charge in [-0.05, 0) is 56.1 Å². The fourth-order valence-electron chi connectivity index (χ4n) is 2.45. The Labute approximate surface area is 137 Å². The number of piperidine rings is 1. The summed E-state index contributed by atoms with van der Waals surface area (Å²) in [6.07, 6.45) is 3.16. The van der Waals surface area contributed by atoms with Crippen LogP contribution in [0.5, 0.6) is 0 Å². The minimum Gasteiger partial charge on any atom is -0.326 e. The second kappa shape index (κ2) is 9.43. The summed E-state index contributed by atoms with van der Waals surface area (Å²) in [6, 6.07) is 7.22. The van der Waals surface area contributed by atoms with E-state index < -0.39 is 0 Å². The lowest BCUT2D eigenvalue weighted by molar-refractivity contribution is -0.117. The molecule has 0 saturated carbocycles. The average molecular weight is 326 g/mol. The Hall–Kier alpha value is -1.59. The van der Waals surface area contributed by atoms with Crippen molar-refractivity contribution >= 4 is 35.6 Å². The van der Waals surface area contributed by atoms with Crippen LogP contribution < -0.4 is 16.0 Å². The summed E-state index contributed by atoms with van der Waals surface area (Å²) in [7, 11) is 0. The summed E-state index contributed by atoms with van der Waals surface area (Å²) in [4.78, 5) is 23.3. The van der Waals surface area contributed by atoms with Gasteiger partial charge in [0.1, 0.15) is 0 Å². The smallest absolute Gasteiger partial charge is 0.224 e. The SMILES string of the molecule is CCC(=O)Nc1ccc(NC(=O)CC2CCNCC2)cc1.Cl. The molecule has 0 spiro atoms. The maximum atomic E-state index is 12.0. The Morgan fingerprint density at radius 3 is 2.05 bits per heavy atom. The van der Waals surface area contributed by atoms with Gasteiger partial charge in [0.15, 0.2) is 0 Å². The first-order valence-electron chi connectivity index (χ1n) is 7.58. The topological polar surface area (TPSA) is 70.2 Å². The van der Waals surface area contributed by atoms with Gasteiger partial charge in [-0.3, -0.25) is 9.59 Å². The molecule has 0 aromatic heterocycles. The zero-order chi connectivity index (χ0) is 15.1. The van der Waals surface area contributed by atoms with Crippen molar-refractivity contribution in [3.05, 3.63) is 24.3 Å². The maximum Gasteiger partial charge on any atom is 0.224 e. The van der Waals surface area contributed by atoms with Crippen molar-refractivity contribution in [2.24, 2.45) is 5.92 Å². The second-order valence-electron chi connectivity index (χ2n) is 5.42. The first kappa shape index (κ1) is 18.5. The predicted molar refractivity (Wildman–Crippen MR) is 91.5 cm³/mol. The van der Waals surface area contributed by atoms with Crippen molar-refractivity contribution in [3.63, 3.8) is 0 Å². The van der Waals surface area contributed by atoms with Crippen molar-refractivity contribution in [2.45, 2.75) is 32.6 Å². The summed E-state index contributed by atoms with van der Waals surface area (Å²) in [5.74, 6) is 0.527. The molecule has 3 N–H and O–H groups in total. The van der Waals surface area contributed by atoms with Gasteiger partial charge in [0.25, 0.3) is 0 Å². The van der Waals surface area contributed by atoms with E-state index in [9.17, 15) is 9.59 Å². The largest absolute Gasteiger partial charge is 0.326 e. The number of amides is 2. The van der Waals surface area contributed by atoms with E-state index in [1.54, 1.807) is 12.1 Å². The number of nitrogens with one attached hydrogen (secondary N) is 3. The first-order chi connectivity index (χ1) is 10.2. The van der Waals surface area contributed by atoms with Gasteiger partial charge in [-0.25, -0.2) is 0 Å². The number of halogens is 1. The van der Waals surface area contributed by atoms with E-state index >= 15 is 0 Å². The van der Waals surface area contributed by atoms with Crippen LogP contribution in [0.2, 0.25) is 0 Å². The molecule has 1 aliphatic rings. The maximum absolute atomic E-state index is 12.0. The zero-order valence-electron chi connectivity index (χ0n) is 12.9. The quantitative estimate of drug-likeness (QED) is 0.779. The van der Waals surface area contributed by atoms with Gasteiger partial charge in [-0.2, -0.15) is 0 Å². The molecule has 0 unspecified atom stereocenters. The molecule has 0 bridgehead atoms. The second-order valence-corrected chi connectivity index (χ2v) is 5.42. The molecule has 1 aromatic carbocycles. The van der Waals surface area contributed by atoms with Crippen LogP contribution >= 0.6 is 12.4 Å². The van der Waals surface area contributed by atoms with Crippen molar-refractivity contribution in [2.75, 3.05) is 23.7 Å². The average Bonchev–Trinajstić information content (AvgIpc) is 2.50. The third-order valence-electron chi connectivity index (χ3n) is 3.71. The number of carbonyl (C=O) groups excluding carboxylic acids is 2. The number of anilines is 2. The molecule has 2 amide bonds. The van der Waals surface area contributed by atoms with E-state index in [0.717, 1.165) is 37.3 Å². The molecular formula is C16H24ClN3O2. The Morgan fingerprint density at radius 2 is 1.55 bits per heavy atom. The zero-order valence-corrected chi connectivity index (χ0v) is 13.7. The minimum absolute atomic E-state index is 0. The number of carbonyl (C=O) groups is 2. The monoisotopic (exact) mass is 325 g/mol. The highest BCUT2D eigenvalue weighted by Gasteiger charge is 2.16. The van der Waals surface area contributed by atoms with Gasteiger partial charge in [0, 0.05) is 24.2 Å². The molecule has 0 atom stereocenters. The highest BCUT2D eigenvalue weighted by atomic mass is 35.5. The van der Waals surface area contributed by atoms with Crippen LogP contribution in [0.15, 0.2) is 24.3 Å². The van der Waals surface area contributed by atoms with Gasteiger partial charge in [0.2, 0.25) is 11.8 Å². The van der Waals surface area contributed by atoms with Crippen LogP contribution in [0, 0.1) is 5.92 Å². The lowest BCUT2D eigenvalue weighted by atomic mass is 9.94. The normalized spacial score (nSPS) is 14.8. The molecular weight excluding hydrogens is 302 g/mol. The Bertz CT molecular complexity index is 485. The summed E-state index contributed by atoms with van der Waals surface area (Å²) in [6.45, 7) is 3.82. The number of hydrogen-bond donors (Lipinski definition) is 3. The van der Waals surface area contributed by atoms with Crippen molar-refractivity contribution in [1.82, 2.24) is 5.32 Å². The standard InChI is InChI=1S/C16H23N3O2.ClH/c1-2-15(20)18-13-3-5-14(6-4-13)19-16(21)11-12-7-9-17-10-8-12;/h3-6,12,17H,2,7-11H2,1H3,(H,18,20)(H,19,21);1H. The third-order valence-corrected chi connectivity index (χ3v) is 3.71. The summed E-state index contributed by atoms with van der Waals surface area (Å²) < 4.78 is 0. The summed E-state index contributed by atoms with van der Waals surface area (Å²) in [5, 5.41) is 8.99. The van der Waals surface area contributed by atoms with Crippen molar-refractivity contribution < 1.29 is 9.59 Å². The highest BCUT2D eigenvalue weighted by molar-refractivity contribution is 5.92. The molecule has 1 heterocycles. The molecule has 0 radical (unpaired) electrons. The highest BCUT2D eigenvalue weighted by Crippen LogP contribution is 2.18. The molecule has 1 fully saturated rings.